The quantitative estimate of drug-likeness (QED) is 0.581. The van der Waals surface area contributed by atoms with Crippen molar-refractivity contribution in [3.8, 4) is 34.1 Å². The maximum atomic E-state index is 10.4. The first-order valence-electron chi connectivity index (χ1n) is 10.2. The Morgan fingerprint density at radius 2 is 1.66 bits per heavy atom. The number of halogens is 2. The Labute approximate surface area is 199 Å². The van der Waals surface area contributed by atoms with Crippen molar-refractivity contribution >= 4 is 24.8 Å². The Hall–Kier alpha value is -2.55. The minimum atomic E-state index is 0. The average Bonchev–Trinajstić information content (AvgIpc) is 2.96. The van der Waals surface area contributed by atoms with Crippen LogP contribution >= 0.6 is 24.8 Å². The highest BCUT2D eigenvalue weighted by atomic mass is 35.5. The Balaban J connectivity index is 0.00000144. The van der Waals surface area contributed by atoms with Crippen molar-refractivity contribution in [2.75, 3.05) is 0 Å². The lowest BCUT2D eigenvalue weighted by Crippen LogP contribution is -2.56. The summed E-state index contributed by atoms with van der Waals surface area (Å²) in [5.74, 6) is 0.518. The van der Waals surface area contributed by atoms with E-state index >= 15 is 0 Å². The molecule has 0 aromatic carbocycles. The summed E-state index contributed by atoms with van der Waals surface area (Å²) in [6.45, 7) is 4.53. The second-order valence-electron chi connectivity index (χ2n) is 8.87. The molecular weight excluding hydrogens is 451 g/mol. The van der Waals surface area contributed by atoms with Gasteiger partial charge in [0.1, 0.15) is 29.6 Å². The van der Waals surface area contributed by atoms with E-state index in [1.165, 1.54) is 19.2 Å². The lowest BCUT2D eigenvalue weighted by molar-refractivity contribution is 0.0754. The van der Waals surface area contributed by atoms with Crippen molar-refractivity contribution < 1.29 is 9.84 Å². The topological polar surface area (TPSA) is 106 Å². The number of hydrogen-bond acceptors (Lipinski definition) is 8. The Morgan fingerprint density at radius 3 is 2.25 bits per heavy atom. The normalized spacial score (nSPS) is 26.0. The van der Waals surface area contributed by atoms with Gasteiger partial charge in [0, 0.05) is 59.7 Å². The van der Waals surface area contributed by atoms with Crippen molar-refractivity contribution in [3.63, 3.8) is 0 Å². The summed E-state index contributed by atoms with van der Waals surface area (Å²) in [7, 11) is 0. The van der Waals surface area contributed by atoms with E-state index in [2.05, 4.69) is 44.3 Å². The number of ether oxygens (including phenoxy) is 1. The van der Waals surface area contributed by atoms with Crippen LogP contribution in [0.1, 0.15) is 39.5 Å². The molecule has 5 rings (SSSR count). The summed E-state index contributed by atoms with van der Waals surface area (Å²) in [6, 6.07) is 5.19. The first kappa shape index (κ1) is 24.1. The van der Waals surface area contributed by atoms with E-state index in [1.54, 1.807) is 36.8 Å². The largest absolute Gasteiger partial charge is 0.506 e. The van der Waals surface area contributed by atoms with Gasteiger partial charge in [-0.1, -0.05) is 0 Å². The third-order valence-corrected chi connectivity index (χ3v) is 6.12. The van der Waals surface area contributed by atoms with Crippen LogP contribution < -0.4 is 10.1 Å². The number of fused-ring (bicyclic) bond motifs is 2. The summed E-state index contributed by atoms with van der Waals surface area (Å²) >= 11 is 0. The zero-order chi connectivity index (χ0) is 20.8. The van der Waals surface area contributed by atoms with Crippen molar-refractivity contribution in [3.05, 3.63) is 43.1 Å². The standard InChI is InChI=1S/C22H24N6O2.2ClH/c1-21-5-6-22(2,28-21)9-16(8-21)30-19-4-3-17(26-27-19)20-18(29)7-14(12-25-20)15-10-23-13-24-11-15;;/h3-4,7,10-13,16,28-29H,5-6,8-9H2,1-2H3;2*1H/t16-,21-,22+;;. The molecular formula is C22H26Cl2N6O2. The Morgan fingerprint density at radius 1 is 0.969 bits per heavy atom. The number of nitrogens with one attached hydrogen (secondary N) is 1. The number of hydrogen-bond donors (Lipinski definition) is 2. The number of aromatic nitrogens is 5. The van der Waals surface area contributed by atoms with Crippen LogP contribution in [0.2, 0.25) is 0 Å². The van der Waals surface area contributed by atoms with Crippen molar-refractivity contribution in [1.82, 2.24) is 30.5 Å². The monoisotopic (exact) mass is 476 g/mol. The molecule has 2 fully saturated rings. The highest BCUT2D eigenvalue weighted by Gasteiger charge is 2.49. The molecule has 8 nitrogen and oxygen atoms in total. The van der Waals surface area contributed by atoms with Crippen LogP contribution in [0, 0.1) is 0 Å². The van der Waals surface area contributed by atoms with Gasteiger partial charge < -0.3 is 15.2 Å². The van der Waals surface area contributed by atoms with Crippen LogP contribution in [0.15, 0.2) is 43.1 Å². The van der Waals surface area contributed by atoms with E-state index in [4.69, 9.17) is 4.74 Å². The van der Waals surface area contributed by atoms with Gasteiger partial charge in [-0.2, -0.15) is 0 Å². The number of nitrogens with zero attached hydrogens (tertiary/aromatic N) is 5. The Kier molecular flexibility index (Phi) is 6.88. The van der Waals surface area contributed by atoms with Gasteiger partial charge in [-0.3, -0.25) is 0 Å². The fraction of sp³-hybridized carbons (Fsp3) is 0.409. The van der Waals surface area contributed by atoms with Gasteiger partial charge in [-0.15, -0.1) is 35.0 Å². The molecule has 3 aromatic heterocycles. The third kappa shape index (κ3) is 4.77. The van der Waals surface area contributed by atoms with Crippen LogP contribution in [-0.4, -0.2) is 47.4 Å². The van der Waals surface area contributed by atoms with Crippen LogP contribution in [0.3, 0.4) is 0 Å². The first-order valence-corrected chi connectivity index (χ1v) is 10.2. The Bertz CT molecular complexity index is 1050. The molecule has 0 aliphatic carbocycles. The minimum absolute atomic E-state index is 0. The summed E-state index contributed by atoms with van der Waals surface area (Å²) in [6.07, 6.45) is 10.8. The maximum absolute atomic E-state index is 10.4. The molecule has 2 aliphatic rings. The molecule has 0 saturated carbocycles. The van der Waals surface area contributed by atoms with Crippen molar-refractivity contribution in [1.29, 1.82) is 0 Å². The summed E-state index contributed by atoms with van der Waals surface area (Å²) < 4.78 is 6.15. The van der Waals surface area contributed by atoms with Crippen LogP contribution in [0.5, 0.6) is 11.6 Å². The highest BCUT2D eigenvalue weighted by Crippen LogP contribution is 2.43. The number of rotatable bonds is 4. The van der Waals surface area contributed by atoms with Gasteiger partial charge in [0.25, 0.3) is 0 Å². The molecule has 3 aromatic rings. The van der Waals surface area contributed by atoms with E-state index in [9.17, 15) is 5.11 Å². The lowest BCUT2D eigenvalue weighted by atomic mass is 9.86. The fourth-order valence-electron chi connectivity index (χ4n) is 4.81. The molecule has 0 radical (unpaired) electrons. The van der Waals surface area contributed by atoms with Crippen molar-refractivity contribution in [2.45, 2.75) is 56.7 Å². The van der Waals surface area contributed by atoms with E-state index in [0.717, 1.165) is 24.0 Å². The molecule has 0 spiro atoms. The van der Waals surface area contributed by atoms with Crippen LogP contribution in [-0.2, 0) is 0 Å². The van der Waals surface area contributed by atoms with Gasteiger partial charge in [0.15, 0.2) is 0 Å². The van der Waals surface area contributed by atoms with E-state index in [0.29, 0.717) is 17.3 Å². The number of piperidine rings is 1. The summed E-state index contributed by atoms with van der Waals surface area (Å²) in [5.41, 5.74) is 2.63. The maximum Gasteiger partial charge on any atom is 0.233 e. The van der Waals surface area contributed by atoms with Gasteiger partial charge in [0.2, 0.25) is 5.88 Å². The molecule has 3 atom stereocenters. The zero-order valence-corrected chi connectivity index (χ0v) is 19.5. The van der Waals surface area contributed by atoms with E-state index in [1.807, 2.05) is 0 Å². The second kappa shape index (κ2) is 9.13. The lowest BCUT2D eigenvalue weighted by Gasteiger charge is -2.41. The molecule has 2 aliphatic heterocycles. The van der Waals surface area contributed by atoms with E-state index < -0.39 is 0 Å². The molecule has 5 heterocycles. The fourth-order valence-corrected chi connectivity index (χ4v) is 4.81. The van der Waals surface area contributed by atoms with E-state index in [-0.39, 0.29) is 47.7 Å². The molecule has 32 heavy (non-hydrogen) atoms. The molecule has 2 bridgehead atoms. The van der Waals surface area contributed by atoms with Gasteiger partial charge in [0.05, 0.1) is 0 Å². The van der Waals surface area contributed by atoms with Gasteiger partial charge >= 0.3 is 0 Å². The van der Waals surface area contributed by atoms with Gasteiger partial charge in [-0.05, 0) is 38.8 Å². The predicted octanol–water partition coefficient (Wildman–Crippen LogP) is 3.99. The molecule has 170 valence electrons. The van der Waals surface area contributed by atoms with Gasteiger partial charge in [-0.25, -0.2) is 15.0 Å². The summed E-state index contributed by atoms with van der Waals surface area (Å²) in [5, 5.41) is 22.7. The third-order valence-electron chi connectivity index (χ3n) is 6.12. The summed E-state index contributed by atoms with van der Waals surface area (Å²) in [4.78, 5) is 12.3. The number of aromatic hydroxyl groups is 1. The molecule has 0 amide bonds. The highest BCUT2D eigenvalue weighted by molar-refractivity contribution is 5.85. The second-order valence-corrected chi connectivity index (χ2v) is 8.87. The molecule has 0 unspecified atom stereocenters. The van der Waals surface area contributed by atoms with Crippen molar-refractivity contribution in [2.24, 2.45) is 0 Å². The predicted molar refractivity (Wildman–Crippen MR) is 125 cm³/mol. The molecule has 2 N–H and O–H groups in total. The number of pyridine rings is 1. The minimum Gasteiger partial charge on any atom is -0.506 e. The first-order chi connectivity index (χ1) is 14.4. The SMILES string of the molecule is C[C@]12CC[C@](C)(C[C@@H](Oc3ccc(-c4ncc(-c5cncnc5)cc4O)nn3)C1)N2.Cl.Cl. The molecule has 2 saturated heterocycles. The van der Waals surface area contributed by atoms with Crippen LogP contribution in [0.4, 0.5) is 0 Å². The van der Waals surface area contributed by atoms with Crippen LogP contribution in [0.25, 0.3) is 22.5 Å². The molecule has 10 heteroatoms. The average molecular weight is 477 g/mol. The smallest absolute Gasteiger partial charge is 0.233 e. The zero-order valence-electron chi connectivity index (χ0n) is 17.9.